The molecule has 0 atom stereocenters. The van der Waals surface area contributed by atoms with Gasteiger partial charge < -0.3 is 9.80 Å². The SMILES string of the molecule is CC1CCN(C(=O)c2ccc(/C=C/C(=O)N(Cc3ccccc3)Cc3cccc(Cl)c3)cc2)CC1. The molecule has 1 aliphatic heterocycles. The Bertz CT molecular complexity index is 1170. The van der Waals surface area contributed by atoms with Crippen LogP contribution in [-0.2, 0) is 17.9 Å². The fourth-order valence-corrected chi connectivity index (χ4v) is 4.49. The van der Waals surface area contributed by atoms with Gasteiger partial charge in [0, 0.05) is 42.8 Å². The topological polar surface area (TPSA) is 40.6 Å². The molecule has 180 valence electrons. The summed E-state index contributed by atoms with van der Waals surface area (Å²) in [5.41, 5.74) is 3.61. The normalized spacial score (nSPS) is 14.3. The summed E-state index contributed by atoms with van der Waals surface area (Å²) in [7, 11) is 0. The van der Waals surface area contributed by atoms with Gasteiger partial charge >= 0.3 is 0 Å². The summed E-state index contributed by atoms with van der Waals surface area (Å²) in [6, 6.07) is 25.0. The van der Waals surface area contributed by atoms with E-state index in [1.807, 2.05) is 83.8 Å². The quantitative estimate of drug-likeness (QED) is 0.360. The lowest BCUT2D eigenvalue weighted by Gasteiger charge is -2.30. The zero-order chi connectivity index (χ0) is 24.6. The van der Waals surface area contributed by atoms with E-state index in [2.05, 4.69) is 6.92 Å². The van der Waals surface area contributed by atoms with Gasteiger partial charge in [-0.1, -0.05) is 73.1 Å². The number of likely N-dealkylation sites (tertiary alicyclic amines) is 1. The Morgan fingerprint density at radius 3 is 2.26 bits per heavy atom. The smallest absolute Gasteiger partial charge is 0.253 e. The van der Waals surface area contributed by atoms with Gasteiger partial charge in [-0.25, -0.2) is 0 Å². The molecule has 4 rings (SSSR count). The molecule has 35 heavy (non-hydrogen) atoms. The molecule has 0 unspecified atom stereocenters. The number of hydrogen-bond donors (Lipinski definition) is 0. The molecule has 0 spiro atoms. The van der Waals surface area contributed by atoms with Crippen molar-refractivity contribution in [3.05, 3.63) is 112 Å². The third kappa shape index (κ3) is 7.06. The molecule has 0 saturated carbocycles. The standard InChI is InChI=1S/C30H31ClN2O2/c1-23-16-18-32(19-17-23)30(35)27-13-10-24(11-14-27)12-15-29(34)33(21-25-6-3-2-4-7-25)22-26-8-5-9-28(31)20-26/h2-15,20,23H,16-19,21-22H2,1H3/b15-12+. The number of carbonyl (C=O) groups excluding carboxylic acids is 2. The molecule has 5 heteroatoms. The van der Waals surface area contributed by atoms with Gasteiger partial charge in [-0.2, -0.15) is 0 Å². The molecule has 0 N–H and O–H groups in total. The van der Waals surface area contributed by atoms with Crippen molar-refractivity contribution in [2.24, 2.45) is 5.92 Å². The summed E-state index contributed by atoms with van der Waals surface area (Å²) >= 11 is 6.16. The average Bonchev–Trinajstić information content (AvgIpc) is 2.88. The number of nitrogens with zero attached hydrogens (tertiary/aromatic N) is 2. The lowest BCUT2D eigenvalue weighted by Crippen LogP contribution is -2.37. The molecule has 3 aromatic carbocycles. The highest BCUT2D eigenvalue weighted by molar-refractivity contribution is 6.30. The van der Waals surface area contributed by atoms with E-state index in [0.717, 1.165) is 42.6 Å². The first-order chi connectivity index (χ1) is 17.0. The van der Waals surface area contributed by atoms with Crippen molar-refractivity contribution in [2.45, 2.75) is 32.9 Å². The molecular weight excluding hydrogens is 456 g/mol. The minimum absolute atomic E-state index is 0.0825. The summed E-state index contributed by atoms with van der Waals surface area (Å²) in [5.74, 6) is 0.680. The Hall–Kier alpha value is -3.37. The van der Waals surface area contributed by atoms with Crippen LogP contribution in [0.5, 0.6) is 0 Å². The minimum Gasteiger partial charge on any atom is -0.339 e. The Balaban J connectivity index is 1.44. The third-order valence-corrected chi connectivity index (χ3v) is 6.67. The van der Waals surface area contributed by atoms with Gasteiger partial charge in [0.05, 0.1) is 0 Å². The van der Waals surface area contributed by atoms with Gasteiger partial charge in [0.1, 0.15) is 0 Å². The van der Waals surface area contributed by atoms with Crippen molar-refractivity contribution >= 4 is 29.5 Å². The Kier molecular flexibility index (Phi) is 8.38. The molecule has 3 aromatic rings. The maximum absolute atomic E-state index is 13.2. The van der Waals surface area contributed by atoms with Crippen LogP contribution in [0.1, 0.15) is 46.8 Å². The van der Waals surface area contributed by atoms with Crippen LogP contribution in [0.2, 0.25) is 5.02 Å². The van der Waals surface area contributed by atoms with E-state index in [1.54, 1.807) is 17.1 Å². The largest absolute Gasteiger partial charge is 0.339 e. The maximum atomic E-state index is 13.2. The number of rotatable bonds is 7. The molecule has 0 aliphatic carbocycles. The second kappa shape index (κ2) is 11.9. The van der Waals surface area contributed by atoms with Gasteiger partial charge in [-0.3, -0.25) is 9.59 Å². The number of hydrogen-bond acceptors (Lipinski definition) is 2. The molecule has 1 saturated heterocycles. The predicted octanol–water partition coefficient (Wildman–Crippen LogP) is 6.45. The van der Waals surface area contributed by atoms with Crippen LogP contribution in [0.15, 0.2) is 84.9 Å². The number of amides is 2. The second-order valence-electron chi connectivity index (χ2n) is 9.24. The van der Waals surface area contributed by atoms with Gasteiger partial charge in [0.2, 0.25) is 5.91 Å². The van der Waals surface area contributed by atoms with Crippen LogP contribution in [0, 0.1) is 5.92 Å². The minimum atomic E-state index is -0.0866. The maximum Gasteiger partial charge on any atom is 0.253 e. The summed E-state index contributed by atoms with van der Waals surface area (Å²) in [4.78, 5) is 29.7. The van der Waals surface area contributed by atoms with E-state index in [9.17, 15) is 9.59 Å². The van der Waals surface area contributed by atoms with Crippen molar-refractivity contribution in [3.63, 3.8) is 0 Å². The summed E-state index contributed by atoms with van der Waals surface area (Å²) in [5, 5.41) is 0.652. The van der Waals surface area contributed by atoms with Crippen molar-refractivity contribution in [1.82, 2.24) is 9.80 Å². The van der Waals surface area contributed by atoms with Crippen LogP contribution in [0.3, 0.4) is 0 Å². The lowest BCUT2D eigenvalue weighted by atomic mass is 9.98. The number of carbonyl (C=O) groups is 2. The molecule has 1 aliphatic rings. The van der Waals surface area contributed by atoms with E-state index in [1.165, 1.54) is 0 Å². The van der Waals surface area contributed by atoms with Crippen molar-refractivity contribution < 1.29 is 9.59 Å². The van der Waals surface area contributed by atoms with Gasteiger partial charge in [0.15, 0.2) is 0 Å². The van der Waals surface area contributed by atoms with Crippen molar-refractivity contribution in [2.75, 3.05) is 13.1 Å². The molecule has 2 amide bonds. The Labute approximate surface area is 212 Å². The fourth-order valence-electron chi connectivity index (χ4n) is 4.28. The van der Waals surface area contributed by atoms with Gasteiger partial charge in [-0.05, 0) is 65.8 Å². The predicted molar refractivity (Wildman–Crippen MR) is 142 cm³/mol. The fraction of sp³-hybridized carbons (Fsp3) is 0.267. The first-order valence-electron chi connectivity index (χ1n) is 12.1. The number of benzene rings is 3. The van der Waals surface area contributed by atoms with E-state index >= 15 is 0 Å². The molecule has 1 fully saturated rings. The monoisotopic (exact) mass is 486 g/mol. The first-order valence-corrected chi connectivity index (χ1v) is 12.5. The zero-order valence-corrected chi connectivity index (χ0v) is 20.8. The Morgan fingerprint density at radius 1 is 0.914 bits per heavy atom. The summed E-state index contributed by atoms with van der Waals surface area (Å²) < 4.78 is 0. The van der Waals surface area contributed by atoms with E-state index < -0.39 is 0 Å². The van der Waals surface area contributed by atoms with Crippen LogP contribution in [0.4, 0.5) is 0 Å². The first kappa shape index (κ1) is 24.7. The van der Waals surface area contributed by atoms with Crippen molar-refractivity contribution in [3.8, 4) is 0 Å². The van der Waals surface area contributed by atoms with E-state index in [4.69, 9.17) is 11.6 Å². The molecular formula is C30H31ClN2O2. The number of halogens is 1. The highest BCUT2D eigenvalue weighted by Gasteiger charge is 2.21. The lowest BCUT2D eigenvalue weighted by molar-refractivity contribution is -0.127. The van der Waals surface area contributed by atoms with Crippen LogP contribution < -0.4 is 0 Å². The second-order valence-corrected chi connectivity index (χ2v) is 9.68. The highest BCUT2D eigenvalue weighted by atomic mass is 35.5. The Morgan fingerprint density at radius 2 is 1.57 bits per heavy atom. The van der Waals surface area contributed by atoms with Crippen LogP contribution in [0.25, 0.3) is 6.08 Å². The average molecular weight is 487 g/mol. The molecule has 4 nitrogen and oxygen atoms in total. The summed E-state index contributed by atoms with van der Waals surface area (Å²) in [6.45, 7) is 4.83. The highest BCUT2D eigenvalue weighted by Crippen LogP contribution is 2.19. The van der Waals surface area contributed by atoms with Crippen LogP contribution >= 0.6 is 11.6 Å². The molecule has 0 bridgehead atoms. The third-order valence-electron chi connectivity index (χ3n) is 6.44. The van der Waals surface area contributed by atoms with Crippen molar-refractivity contribution in [1.29, 1.82) is 0 Å². The van der Waals surface area contributed by atoms with Gasteiger partial charge in [-0.15, -0.1) is 0 Å². The zero-order valence-electron chi connectivity index (χ0n) is 20.1. The molecule has 0 aromatic heterocycles. The van der Waals surface area contributed by atoms with Gasteiger partial charge in [0.25, 0.3) is 5.91 Å². The molecule has 0 radical (unpaired) electrons. The van der Waals surface area contributed by atoms with E-state index in [0.29, 0.717) is 29.6 Å². The molecule has 1 heterocycles. The summed E-state index contributed by atoms with van der Waals surface area (Å²) in [6.07, 6.45) is 5.51. The van der Waals surface area contributed by atoms with Crippen LogP contribution in [-0.4, -0.2) is 34.7 Å². The van der Waals surface area contributed by atoms with E-state index in [-0.39, 0.29) is 11.8 Å². The number of piperidine rings is 1.